The lowest BCUT2D eigenvalue weighted by Gasteiger charge is -2.31. The highest BCUT2D eigenvalue weighted by atomic mass is 16.2. The monoisotopic (exact) mass is 314 g/mol. The molecule has 1 heterocycles. The second kappa shape index (κ2) is 7.16. The average molecular weight is 314 g/mol. The van der Waals surface area contributed by atoms with E-state index < -0.39 is 5.92 Å². The Balaban J connectivity index is 1.60. The van der Waals surface area contributed by atoms with Crippen LogP contribution in [0.1, 0.15) is 44.1 Å². The molecule has 1 saturated carbocycles. The molecule has 1 atom stereocenters. The van der Waals surface area contributed by atoms with Gasteiger partial charge in [-0.05, 0) is 24.8 Å². The molecule has 1 aromatic rings. The molecule has 0 bridgehead atoms. The van der Waals surface area contributed by atoms with Crippen molar-refractivity contribution in [3.63, 3.8) is 0 Å². The summed E-state index contributed by atoms with van der Waals surface area (Å²) in [5, 5.41) is 0. The van der Waals surface area contributed by atoms with Gasteiger partial charge in [-0.25, -0.2) is 0 Å². The Morgan fingerprint density at radius 2 is 1.83 bits per heavy atom. The molecule has 1 aliphatic heterocycles. The molecule has 0 radical (unpaired) electrons. The maximum atomic E-state index is 12.7. The van der Waals surface area contributed by atoms with Crippen molar-refractivity contribution in [2.45, 2.75) is 51.1 Å². The zero-order chi connectivity index (χ0) is 16.2. The van der Waals surface area contributed by atoms with Gasteiger partial charge >= 0.3 is 0 Å². The van der Waals surface area contributed by atoms with Gasteiger partial charge < -0.3 is 9.80 Å². The standard InChI is InChI=1S/C19H26N2O2/c1-20(14-15-8-4-2-5-9-15)18(22)17-12-13-21(19(17)23)16-10-6-3-7-11-16/h2,4-5,8-9,16-17H,3,6-7,10-14H2,1H3. The maximum Gasteiger partial charge on any atom is 0.235 e. The van der Waals surface area contributed by atoms with Crippen molar-refractivity contribution in [3.05, 3.63) is 35.9 Å². The zero-order valence-corrected chi connectivity index (χ0v) is 13.9. The van der Waals surface area contributed by atoms with E-state index in [9.17, 15) is 9.59 Å². The normalized spacial score (nSPS) is 22.4. The number of benzene rings is 1. The van der Waals surface area contributed by atoms with Gasteiger partial charge in [0, 0.05) is 26.2 Å². The second-order valence-corrected chi connectivity index (χ2v) is 6.84. The number of hydrogen-bond donors (Lipinski definition) is 0. The minimum Gasteiger partial charge on any atom is -0.341 e. The van der Waals surface area contributed by atoms with E-state index in [1.807, 2.05) is 35.2 Å². The number of nitrogens with zero attached hydrogens (tertiary/aromatic N) is 2. The van der Waals surface area contributed by atoms with Crippen molar-refractivity contribution in [3.8, 4) is 0 Å². The molecule has 0 spiro atoms. The van der Waals surface area contributed by atoms with Crippen LogP contribution in [-0.2, 0) is 16.1 Å². The average Bonchev–Trinajstić information content (AvgIpc) is 2.97. The van der Waals surface area contributed by atoms with Crippen LogP contribution in [0.15, 0.2) is 30.3 Å². The summed E-state index contributed by atoms with van der Waals surface area (Å²) in [7, 11) is 1.80. The lowest BCUT2D eigenvalue weighted by Crippen LogP contribution is -2.42. The minimum atomic E-state index is -0.467. The highest BCUT2D eigenvalue weighted by Gasteiger charge is 2.41. The van der Waals surface area contributed by atoms with E-state index in [1.165, 1.54) is 19.3 Å². The third kappa shape index (κ3) is 3.57. The van der Waals surface area contributed by atoms with E-state index in [2.05, 4.69) is 0 Å². The molecule has 4 nitrogen and oxygen atoms in total. The first-order valence-corrected chi connectivity index (χ1v) is 8.76. The maximum absolute atomic E-state index is 12.7. The molecule has 4 heteroatoms. The van der Waals surface area contributed by atoms with Crippen molar-refractivity contribution < 1.29 is 9.59 Å². The predicted molar refractivity (Wildman–Crippen MR) is 89.6 cm³/mol. The quantitative estimate of drug-likeness (QED) is 0.802. The van der Waals surface area contributed by atoms with E-state index in [0.717, 1.165) is 24.9 Å². The molecule has 1 unspecified atom stereocenters. The lowest BCUT2D eigenvalue weighted by molar-refractivity contribution is -0.144. The summed E-state index contributed by atoms with van der Waals surface area (Å²) in [5.41, 5.74) is 1.10. The van der Waals surface area contributed by atoms with Crippen LogP contribution in [0.5, 0.6) is 0 Å². The van der Waals surface area contributed by atoms with Crippen molar-refractivity contribution in [2.24, 2.45) is 5.92 Å². The summed E-state index contributed by atoms with van der Waals surface area (Å²) < 4.78 is 0. The lowest BCUT2D eigenvalue weighted by atomic mass is 9.94. The topological polar surface area (TPSA) is 40.6 Å². The van der Waals surface area contributed by atoms with E-state index >= 15 is 0 Å². The molecular weight excluding hydrogens is 288 g/mol. The molecule has 1 aromatic carbocycles. The van der Waals surface area contributed by atoms with Crippen LogP contribution in [0.3, 0.4) is 0 Å². The van der Waals surface area contributed by atoms with Crippen LogP contribution in [0.2, 0.25) is 0 Å². The summed E-state index contributed by atoms with van der Waals surface area (Å²) in [6.07, 6.45) is 6.58. The highest BCUT2D eigenvalue weighted by Crippen LogP contribution is 2.29. The predicted octanol–water partition coefficient (Wildman–Crippen LogP) is 2.83. The third-order valence-electron chi connectivity index (χ3n) is 5.19. The summed E-state index contributed by atoms with van der Waals surface area (Å²) in [4.78, 5) is 29.0. The molecular formula is C19H26N2O2. The molecule has 1 aliphatic carbocycles. The molecule has 2 fully saturated rings. The smallest absolute Gasteiger partial charge is 0.235 e. The van der Waals surface area contributed by atoms with E-state index in [1.54, 1.807) is 11.9 Å². The molecule has 1 saturated heterocycles. The van der Waals surface area contributed by atoms with Crippen LogP contribution in [0, 0.1) is 5.92 Å². The first-order valence-electron chi connectivity index (χ1n) is 8.76. The minimum absolute atomic E-state index is 0.0304. The van der Waals surface area contributed by atoms with E-state index in [-0.39, 0.29) is 11.8 Å². The highest BCUT2D eigenvalue weighted by molar-refractivity contribution is 6.01. The Hall–Kier alpha value is -1.84. The largest absolute Gasteiger partial charge is 0.341 e. The molecule has 0 aromatic heterocycles. The molecule has 3 rings (SSSR count). The summed E-state index contributed by atoms with van der Waals surface area (Å²) in [6, 6.07) is 10.3. The van der Waals surface area contributed by atoms with Crippen LogP contribution in [-0.4, -0.2) is 41.2 Å². The van der Waals surface area contributed by atoms with Crippen molar-refractivity contribution in [1.29, 1.82) is 0 Å². The number of amides is 2. The van der Waals surface area contributed by atoms with Gasteiger partial charge in [0.05, 0.1) is 0 Å². The Labute approximate surface area is 138 Å². The Morgan fingerprint density at radius 1 is 1.13 bits per heavy atom. The van der Waals surface area contributed by atoms with Crippen molar-refractivity contribution in [1.82, 2.24) is 9.80 Å². The Bertz CT molecular complexity index is 552. The van der Waals surface area contributed by atoms with E-state index in [4.69, 9.17) is 0 Å². The number of hydrogen-bond acceptors (Lipinski definition) is 2. The van der Waals surface area contributed by atoms with Crippen molar-refractivity contribution in [2.75, 3.05) is 13.6 Å². The first-order chi connectivity index (χ1) is 11.2. The first kappa shape index (κ1) is 16.0. The molecule has 2 amide bonds. The van der Waals surface area contributed by atoms with Crippen LogP contribution < -0.4 is 0 Å². The second-order valence-electron chi connectivity index (χ2n) is 6.84. The molecule has 124 valence electrons. The van der Waals surface area contributed by atoms with Gasteiger partial charge in [-0.15, -0.1) is 0 Å². The fourth-order valence-electron chi connectivity index (χ4n) is 3.89. The molecule has 0 N–H and O–H groups in total. The number of carbonyl (C=O) groups is 2. The van der Waals surface area contributed by atoms with Crippen LogP contribution in [0.25, 0.3) is 0 Å². The van der Waals surface area contributed by atoms with E-state index in [0.29, 0.717) is 19.0 Å². The number of carbonyl (C=O) groups excluding carboxylic acids is 2. The van der Waals surface area contributed by atoms with Gasteiger partial charge in [-0.1, -0.05) is 49.6 Å². The fourth-order valence-corrected chi connectivity index (χ4v) is 3.89. The fraction of sp³-hybridized carbons (Fsp3) is 0.579. The van der Waals surface area contributed by atoms with Gasteiger partial charge in [0.1, 0.15) is 5.92 Å². The summed E-state index contributed by atoms with van der Waals surface area (Å²) in [6.45, 7) is 1.31. The SMILES string of the molecule is CN(Cc1ccccc1)C(=O)C1CCN(C2CCCCC2)C1=O. The molecule has 2 aliphatic rings. The van der Waals surface area contributed by atoms with Gasteiger partial charge in [0.2, 0.25) is 11.8 Å². The zero-order valence-electron chi connectivity index (χ0n) is 13.9. The summed E-state index contributed by atoms with van der Waals surface area (Å²) >= 11 is 0. The number of likely N-dealkylation sites (tertiary alicyclic amines) is 1. The van der Waals surface area contributed by atoms with Gasteiger partial charge in [0.15, 0.2) is 0 Å². The third-order valence-corrected chi connectivity index (χ3v) is 5.19. The van der Waals surface area contributed by atoms with Gasteiger partial charge in [0.25, 0.3) is 0 Å². The van der Waals surface area contributed by atoms with Crippen molar-refractivity contribution >= 4 is 11.8 Å². The Kier molecular flexibility index (Phi) is 4.99. The van der Waals surface area contributed by atoms with Gasteiger partial charge in [-0.3, -0.25) is 9.59 Å². The van der Waals surface area contributed by atoms with Gasteiger partial charge in [-0.2, -0.15) is 0 Å². The Morgan fingerprint density at radius 3 is 2.52 bits per heavy atom. The van der Waals surface area contributed by atoms with Crippen LogP contribution >= 0.6 is 0 Å². The molecule has 23 heavy (non-hydrogen) atoms. The van der Waals surface area contributed by atoms with Crippen LogP contribution in [0.4, 0.5) is 0 Å². The number of rotatable bonds is 4. The summed E-state index contributed by atoms with van der Waals surface area (Å²) in [5.74, 6) is -0.440.